The number of aromatic nitrogens is 2. The fraction of sp³-hybridized carbons (Fsp3) is 0.600. The van der Waals surface area contributed by atoms with Gasteiger partial charge in [-0.2, -0.15) is 11.8 Å². The van der Waals surface area contributed by atoms with Crippen molar-refractivity contribution in [3.8, 4) is 0 Å². The summed E-state index contributed by atoms with van der Waals surface area (Å²) in [6.07, 6.45) is 2.11. The van der Waals surface area contributed by atoms with Crippen molar-refractivity contribution in [2.45, 2.75) is 13.8 Å². The van der Waals surface area contributed by atoms with Gasteiger partial charge in [0, 0.05) is 12.6 Å². The van der Waals surface area contributed by atoms with Crippen molar-refractivity contribution in [3.63, 3.8) is 0 Å². The Labute approximate surface area is 95.1 Å². The maximum absolute atomic E-state index is 5.63. The molecule has 1 unspecified atom stereocenters. The average molecular weight is 226 g/mol. The highest BCUT2D eigenvalue weighted by Gasteiger charge is 2.02. The quantitative estimate of drug-likeness (QED) is 0.801. The van der Waals surface area contributed by atoms with Crippen molar-refractivity contribution in [1.29, 1.82) is 0 Å². The third-order valence-corrected chi connectivity index (χ3v) is 2.84. The van der Waals surface area contributed by atoms with E-state index in [0.717, 1.165) is 18.1 Å². The van der Waals surface area contributed by atoms with E-state index < -0.39 is 0 Å². The Morgan fingerprint density at radius 3 is 2.87 bits per heavy atom. The Morgan fingerprint density at radius 1 is 1.53 bits per heavy atom. The van der Waals surface area contributed by atoms with Gasteiger partial charge in [0.1, 0.15) is 17.5 Å². The second kappa shape index (κ2) is 5.80. The van der Waals surface area contributed by atoms with E-state index in [-0.39, 0.29) is 0 Å². The number of hydrogen-bond donors (Lipinski definition) is 2. The zero-order chi connectivity index (χ0) is 11.3. The van der Waals surface area contributed by atoms with Gasteiger partial charge in [-0.25, -0.2) is 9.97 Å². The van der Waals surface area contributed by atoms with Gasteiger partial charge in [0.2, 0.25) is 0 Å². The van der Waals surface area contributed by atoms with Crippen LogP contribution in [-0.2, 0) is 0 Å². The number of anilines is 2. The Bertz CT molecular complexity index is 296. The molecule has 0 aromatic carbocycles. The van der Waals surface area contributed by atoms with E-state index in [9.17, 15) is 0 Å². The second-order valence-corrected chi connectivity index (χ2v) is 4.58. The molecule has 15 heavy (non-hydrogen) atoms. The fourth-order valence-electron chi connectivity index (χ4n) is 1.30. The summed E-state index contributed by atoms with van der Waals surface area (Å²) in [4.78, 5) is 8.28. The number of aryl methyl sites for hydroxylation is 1. The molecular weight excluding hydrogens is 208 g/mol. The minimum absolute atomic E-state index is 0.516. The first kappa shape index (κ1) is 12.1. The van der Waals surface area contributed by atoms with Crippen LogP contribution in [-0.4, -0.2) is 28.5 Å². The van der Waals surface area contributed by atoms with Crippen molar-refractivity contribution < 1.29 is 0 Å². The first-order valence-electron chi connectivity index (χ1n) is 4.95. The minimum atomic E-state index is 0.516. The molecule has 4 nitrogen and oxygen atoms in total. The number of hydrogen-bond acceptors (Lipinski definition) is 5. The van der Waals surface area contributed by atoms with E-state index in [1.165, 1.54) is 0 Å². The monoisotopic (exact) mass is 226 g/mol. The molecule has 0 aliphatic carbocycles. The Morgan fingerprint density at radius 2 is 2.27 bits per heavy atom. The highest BCUT2D eigenvalue weighted by molar-refractivity contribution is 7.98. The summed E-state index contributed by atoms with van der Waals surface area (Å²) in [5.74, 6) is 3.80. The van der Waals surface area contributed by atoms with Gasteiger partial charge in [0.05, 0.1) is 0 Å². The molecule has 1 aromatic heterocycles. The molecule has 1 rings (SSSR count). The van der Waals surface area contributed by atoms with Gasteiger partial charge in [0.25, 0.3) is 0 Å². The van der Waals surface area contributed by atoms with Crippen LogP contribution in [0.5, 0.6) is 0 Å². The summed E-state index contributed by atoms with van der Waals surface area (Å²) < 4.78 is 0. The highest BCUT2D eigenvalue weighted by atomic mass is 32.2. The van der Waals surface area contributed by atoms with Crippen molar-refractivity contribution >= 4 is 23.4 Å². The lowest BCUT2D eigenvalue weighted by Gasteiger charge is -2.12. The normalized spacial score (nSPS) is 12.5. The topological polar surface area (TPSA) is 63.8 Å². The van der Waals surface area contributed by atoms with Crippen LogP contribution in [0.2, 0.25) is 0 Å². The predicted molar refractivity (Wildman–Crippen MR) is 67.2 cm³/mol. The van der Waals surface area contributed by atoms with E-state index in [1.807, 2.05) is 18.7 Å². The molecule has 0 spiro atoms. The molecule has 0 fully saturated rings. The van der Waals surface area contributed by atoms with Gasteiger partial charge in [-0.1, -0.05) is 6.92 Å². The van der Waals surface area contributed by atoms with E-state index in [4.69, 9.17) is 5.73 Å². The molecular formula is C10H18N4S. The van der Waals surface area contributed by atoms with Crippen LogP contribution < -0.4 is 11.1 Å². The molecule has 0 aliphatic rings. The van der Waals surface area contributed by atoms with E-state index >= 15 is 0 Å². The fourth-order valence-corrected chi connectivity index (χ4v) is 1.99. The SMILES string of the molecule is CSCC(C)CNc1cc(N)nc(C)n1. The zero-order valence-electron chi connectivity index (χ0n) is 9.45. The summed E-state index contributed by atoms with van der Waals surface area (Å²) in [5.41, 5.74) is 5.63. The maximum atomic E-state index is 5.63. The lowest BCUT2D eigenvalue weighted by atomic mass is 10.2. The molecule has 0 radical (unpaired) electrons. The second-order valence-electron chi connectivity index (χ2n) is 3.67. The number of nitrogens with one attached hydrogen (secondary N) is 1. The number of nitrogens with zero attached hydrogens (tertiary/aromatic N) is 2. The van der Waals surface area contributed by atoms with Crippen molar-refractivity contribution in [3.05, 3.63) is 11.9 Å². The van der Waals surface area contributed by atoms with Gasteiger partial charge < -0.3 is 11.1 Å². The first-order chi connectivity index (χ1) is 7.11. The van der Waals surface area contributed by atoms with Gasteiger partial charge >= 0.3 is 0 Å². The lowest BCUT2D eigenvalue weighted by molar-refractivity contribution is 0.699. The molecule has 1 heterocycles. The summed E-state index contributed by atoms with van der Waals surface area (Å²) in [7, 11) is 0. The van der Waals surface area contributed by atoms with Gasteiger partial charge in [0.15, 0.2) is 0 Å². The van der Waals surface area contributed by atoms with E-state index in [0.29, 0.717) is 17.6 Å². The average Bonchev–Trinajstić information content (AvgIpc) is 2.14. The maximum Gasteiger partial charge on any atom is 0.131 e. The minimum Gasteiger partial charge on any atom is -0.384 e. The number of rotatable bonds is 5. The number of thioether (sulfide) groups is 1. The van der Waals surface area contributed by atoms with Crippen molar-refractivity contribution in [2.75, 3.05) is 29.6 Å². The lowest BCUT2D eigenvalue weighted by Crippen LogP contribution is -2.14. The smallest absolute Gasteiger partial charge is 0.131 e. The number of nitrogens with two attached hydrogens (primary N) is 1. The largest absolute Gasteiger partial charge is 0.384 e. The van der Waals surface area contributed by atoms with E-state index in [1.54, 1.807) is 6.07 Å². The van der Waals surface area contributed by atoms with Crippen LogP contribution in [0.25, 0.3) is 0 Å². The van der Waals surface area contributed by atoms with Gasteiger partial charge in [-0.3, -0.25) is 0 Å². The van der Waals surface area contributed by atoms with Crippen LogP contribution in [0.1, 0.15) is 12.7 Å². The van der Waals surface area contributed by atoms with Crippen molar-refractivity contribution in [1.82, 2.24) is 9.97 Å². The van der Waals surface area contributed by atoms with Crippen LogP contribution >= 0.6 is 11.8 Å². The first-order valence-corrected chi connectivity index (χ1v) is 6.35. The van der Waals surface area contributed by atoms with Crippen LogP contribution in [0, 0.1) is 12.8 Å². The molecule has 5 heteroatoms. The molecule has 3 N–H and O–H groups in total. The number of nitrogen functional groups attached to an aromatic ring is 1. The Hall–Kier alpha value is -0.970. The summed E-state index contributed by atoms with van der Waals surface area (Å²) >= 11 is 1.85. The summed E-state index contributed by atoms with van der Waals surface area (Å²) in [5, 5.41) is 3.27. The molecule has 0 aliphatic heterocycles. The molecule has 1 aromatic rings. The predicted octanol–water partition coefficient (Wildman–Crippen LogP) is 1.78. The van der Waals surface area contributed by atoms with Crippen molar-refractivity contribution in [2.24, 2.45) is 5.92 Å². The van der Waals surface area contributed by atoms with Crippen LogP contribution in [0.15, 0.2) is 6.07 Å². The van der Waals surface area contributed by atoms with Gasteiger partial charge in [-0.15, -0.1) is 0 Å². The van der Waals surface area contributed by atoms with Gasteiger partial charge in [-0.05, 0) is 24.9 Å². The Balaban J connectivity index is 2.50. The summed E-state index contributed by atoms with van der Waals surface area (Å²) in [6.45, 7) is 4.96. The molecule has 1 atom stereocenters. The third kappa shape index (κ3) is 4.38. The molecule has 0 amide bonds. The Kier molecular flexibility index (Phi) is 4.68. The highest BCUT2D eigenvalue weighted by Crippen LogP contribution is 2.10. The summed E-state index contributed by atoms with van der Waals surface area (Å²) in [6, 6.07) is 1.76. The molecule has 0 bridgehead atoms. The molecule has 0 saturated carbocycles. The molecule has 84 valence electrons. The van der Waals surface area contributed by atoms with Crippen LogP contribution in [0.4, 0.5) is 11.6 Å². The van der Waals surface area contributed by atoms with Crippen LogP contribution in [0.3, 0.4) is 0 Å². The zero-order valence-corrected chi connectivity index (χ0v) is 10.3. The molecule has 0 saturated heterocycles. The third-order valence-electron chi connectivity index (χ3n) is 1.94. The van der Waals surface area contributed by atoms with E-state index in [2.05, 4.69) is 28.5 Å². The standard InChI is InChI=1S/C10H18N4S/c1-7(6-15-3)5-12-10-4-9(11)13-8(2)14-10/h4,7H,5-6H2,1-3H3,(H3,11,12,13,14).